The quantitative estimate of drug-likeness (QED) is 0.807. The van der Waals surface area contributed by atoms with Crippen molar-refractivity contribution in [1.29, 1.82) is 0 Å². The summed E-state index contributed by atoms with van der Waals surface area (Å²) >= 11 is 0. The number of aryl methyl sites for hydroxylation is 1. The molecular formula is C18H29Cl2N3O. The first-order valence-corrected chi connectivity index (χ1v) is 8.56. The van der Waals surface area contributed by atoms with Crippen molar-refractivity contribution < 1.29 is 4.79 Å². The number of benzene rings is 1. The minimum atomic E-state index is 0. The Morgan fingerprint density at radius 2 is 1.83 bits per heavy atom. The van der Waals surface area contributed by atoms with E-state index in [1.807, 2.05) is 24.3 Å². The third kappa shape index (κ3) is 5.54. The van der Waals surface area contributed by atoms with E-state index in [0.29, 0.717) is 12.3 Å². The van der Waals surface area contributed by atoms with Gasteiger partial charge in [-0.25, -0.2) is 0 Å². The van der Waals surface area contributed by atoms with E-state index in [1.54, 1.807) is 0 Å². The molecule has 0 spiro atoms. The highest BCUT2D eigenvalue weighted by Crippen LogP contribution is 2.21. The molecule has 2 aliphatic heterocycles. The van der Waals surface area contributed by atoms with Crippen LogP contribution in [0, 0.1) is 5.92 Å². The van der Waals surface area contributed by atoms with Gasteiger partial charge in [-0.1, -0.05) is 18.2 Å². The number of nitrogen functional groups attached to an aromatic ring is 1. The van der Waals surface area contributed by atoms with Crippen LogP contribution in [0.15, 0.2) is 24.3 Å². The van der Waals surface area contributed by atoms with Crippen molar-refractivity contribution in [2.45, 2.75) is 32.1 Å². The van der Waals surface area contributed by atoms with Crippen molar-refractivity contribution in [3.05, 3.63) is 29.8 Å². The molecule has 3 rings (SSSR count). The number of nitrogens with two attached hydrogens (primary N) is 1. The van der Waals surface area contributed by atoms with E-state index in [-0.39, 0.29) is 30.7 Å². The molecule has 0 saturated carbocycles. The van der Waals surface area contributed by atoms with Crippen LogP contribution in [0.2, 0.25) is 0 Å². The summed E-state index contributed by atoms with van der Waals surface area (Å²) in [6.45, 7) is 5.55. The molecule has 2 fully saturated rings. The van der Waals surface area contributed by atoms with Gasteiger partial charge < -0.3 is 15.5 Å². The molecule has 0 aromatic heterocycles. The maximum atomic E-state index is 12.4. The highest BCUT2D eigenvalue weighted by atomic mass is 35.5. The molecule has 1 unspecified atom stereocenters. The predicted molar refractivity (Wildman–Crippen MR) is 104 cm³/mol. The summed E-state index contributed by atoms with van der Waals surface area (Å²) in [7, 11) is 0. The second-order valence-corrected chi connectivity index (χ2v) is 6.70. The lowest BCUT2D eigenvalue weighted by Crippen LogP contribution is -2.32. The second-order valence-electron chi connectivity index (χ2n) is 6.70. The molecule has 4 nitrogen and oxygen atoms in total. The number of hydrogen-bond acceptors (Lipinski definition) is 3. The van der Waals surface area contributed by atoms with Gasteiger partial charge >= 0.3 is 0 Å². The topological polar surface area (TPSA) is 49.6 Å². The van der Waals surface area contributed by atoms with Crippen LogP contribution in [0.3, 0.4) is 0 Å². The number of carbonyl (C=O) groups excluding carboxylic acids is 1. The van der Waals surface area contributed by atoms with Gasteiger partial charge in [0, 0.05) is 31.7 Å². The number of hydrogen-bond donors (Lipinski definition) is 1. The summed E-state index contributed by atoms with van der Waals surface area (Å²) in [5.74, 6) is 0.955. The molecule has 6 heteroatoms. The van der Waals surface area contributed by atoms with Crippen molar-refractivity contribution in [2.75, 3.05) is 38.5 Å². The maximum absolute atomic E-state index is 12.4. The van der Waals surface area contributed by atoms with Crippen molar-refractivity contribution in [1.82, 2.24) is 9.80 Å². The number of carbonyl (C=O) groups is 1. The standard InChI is InChI=1S/C18H27N3O.2ClH/c19-17-6-2-1-5-16(17)7-8-18(22)21-12-9-15(14-21)13-20-10-3-4-11-20;;/h1-2,5-6,15H,3-4,7-14,19H2;2*1H. The Kier molecular flexibility index (Phi) is 8.88. The van der Waals surface area contributed by atoms with Gasteiger partial charge in [0.15, 0.2) is 0 Å². The zero-order valence-electron chi connectivity index (χ0n) is 14.2. The lowest BCUT2D eigenvalue weighted by molar-refractivity contribution is -0.130. The largest absolute Gasteiger partial charge is 0.399 e. The molecule has 1 aromatic rings. The Balaban J connectivity index is 0.00000144. The summed E-state index contributed by atoms with van der Waals surface area (Å²) in [6, 6.07) is 7.84. The third-order valence-electron chi connectivity index (χ3n) is 5.02. The van der Waals surface area contributed by atoms with E-state index in [4.69, 9.17) is 5.73 Å². The molecule has 2 aliphatic rings. The fourth-order valence-electron chi connectivity index (χ4n) is 3.70. The number of amides is 1. The first-order valence-electron chi connectivity index (χ1n) is 8.56. The zero-order chi connectivity index (χ0) is 15.4. The molecule has 1 amide bonds. The Labute approximate surface area is 157 Å². The van der Waals surface area contributed by atoms with Crippen molar-refractivity contribution >= 4 is 36.4 Å². The fraction of sp³-hybridized carbons (Fsp3) is 0.611. The molecule has 0 aliphatic carbocycles. The van der Waals surface area contributed by atoms with E-state index >= 15 is 0 Å². The zero-order valence-corrected chi connectivity index (χ0v) is 15.8. The van der Waals surface area contributed by atoms with Crippen molar-refractivity contribution in [2.24, 2.45) is 5.92 Å². The van der Waals surface area contributed by atoms with Crippen LogP contribution in [0.5, 0.6) is 0 Å². The van der Waals surface area contributed by atoms with Crippen LogP contribution in [0.4, 0.5) is 5.69 Å². The van der Waals surface area contributed by atoms with Crippen LogP contribution >= 0.6 is 24.8 Å². The van der Waals surface area contributed by atoms with E-state index in [1.165, 1.54) is 32.5 Å². The fourth-order valence-corrected chi connectivity index (χ4v) is 3.70. The Bertz CT molecular complexity index is 521. The van der Waals surface area contributed by atoms with Gasteiger partial charge in [-0.15, -0.1) is 24.8 Å². The third-order valence-corrected chi connectivity index (χ3v) is 5.02. The van der Waals surface area contributed by atoms with Gasteiger partial charge in [0.25, 0.3) is 0 Å². The molecule has 24 heavy (non-hydrogen) atoms. The van der Waals surface area contributed by atoms with Crippen LogP contribution in [0.1, 0.15) is 31.2 Å². The van der Waals surface area contributed by atoms with E-state index in [9.17, 15) is 4.79 Å². The van der Waals surface area contributed by atoms with Gasteiger partial charge in [0.1, 0.15) is 0 Å². The molecular weight excluding hydrogens is 345 g/mol. The molecule has 1 atom stereocenters. The van der Waals surface area contributed by atoms with Crippen molar-refractivity contribution in [3.8, 4) is 0 Å². The molecule has 0 bridgehead atoms. The predicted octanol–water partition coefficient (Wildman–Crippen LogP) is 2.99. The van der Waals surface area contributed by atoms with Crippen LogP contribution < -0.4 is 5.73 Å². The Morgan fingerprint density at radius 1 is 1.12 bits per heavy atom. The number of rotatable bonds is 5. The van der Waals surface area contributed by atoms with Gasteiger partial charge in [-0.2, -0.15) is 0 Å². The smallest absolute Gasteiger partial charge is 0.222 e. The number of para-hydroxylation sites is 1. The summed E-state index contributed by atoms with van der Waals surface area (Å²) in [6.07, 6.45) is 5.17. The van der Waals surface area contributed by atoms with Crippen LogP contribution in [0.25, 0.3) is 0 Å². The average Bonchev–Trinajstić information content (AvgIpc) is 3.18. The van der Waals surface area contributed by atoms with Gasteiger partial charge in [0.2, 0.25) is 5.91 Å². The first-order chi connectivity index (χ1) is 10.7. The van der Waals surface area contributed by atoms with Gasteiger partial charge in [-0.05, 0) is 56.3 Å². The lowest BCUT2D eigenvalue weighted by Gasteiger charge is -2.20. The highest BCUT2D eigenvalue weighted by molar-refractivity contribution is 5.85. The molecule has 1 aromatic carbocycles. The molecule has 2 N–H and O–H groups in total. The number of anilines is 1. The second kappa shape index (κ2) is 10.1. The first kappa shape index (κ1) is 21.1. The van der Waals surface area contributed by atoms with Gasteiger partial charge in [0.05, 0.1) is 0 Å². The lowest BCUT2D eigenvalue weighted by atomic mass is 10.1. The Hall–Kier alpha value is -0.970. The molecule has 0 radical (unpaired) electrons. The maximum Gasteiger partial charge on any atom is 0.222 e. The average molecular weight is 374 g/mol. The molecule has 136 valence electrons. The minimum Gasteiger partial charge on any atom is -0.399 e. The van der Waals surface area contributed by atoms with E-state index in [0.717, 1.165) is 37.2 Å². The Morgan fingerprint density at radius 3 is 2.54 bits per heavy atom. The number of halogens is 2. The van der Waals surface area contributed by atoms with E-state index in [2.05, 4.69) is 9.80 Å². The van der Waals surface area contributed by atoms with Crippen LogP contribution in [-0.2, 0) is 11.2 Å². The highest BCUT2D eigenvalue weighted by Gasteiger charge is 2.28. The molecule has 2 saturated heterocycles. The summed E-state index contributed by atoms with van der Waals surface area (Å²) < 4.78 is 0. The number of likely N-dealkylation sites (tertiary alicyclic amines) is 2. The monoisotopic (exact) mass is 373 g/mol. The normalized spacial score (nSPS) is 20.5. The molecule has 2 heterocycles. The minimum absolute atomic E-state index is 0. The summed E-state index contributed by atoms with van der Waals surface area (Å²) in [5, 5.41) is 0. The van der Waals surface area contributed by atoms with Crippen LogP contribution in [-0.4, -0.2) is 48.4 Å². The van der Waals surface area contributed by atoms with Crippen molar-refractivity contribution in [3.63, 3.8) is 0 Å². The van der Waals surface area contributed by atoms with E-state index < -0.39 is 0 Å². The summed E-state index contributed by atoms with van der Waals surface area (Å²) in [5.41, 5.74) is 7.82. The summed E-state index contributed by atoms with van der Waals surface area (Å²) in [4.78, 5) is 17.0. The number of nitrogens with zero attached hydrogens (tertiary/aromatic N) is 2. The SMILES string of the molecule is Cl.Cl.Nc1ccccc1CCC(=O)N1CCC(CN2CCCC2)C1. The van der Waals surface area contributed by atoms with Gasteiger partial charge in [-0.3, -0.25) is 4.79 Å².